The zero-order chi connectivity index (χ0) is 19.4. The second-order valence-electron chi connectivity index (χ2n) is 5.23. The van der Waals surface area contributed by atoms with Gasteiger partial charge in [0.05, 0.1) is 17.1 Å². The monoisotopic (exact) mass is 388 g/mol. The van der Waals surface area contributed by atoms with Crippen LogP contribution in [-0.4, -0.2) is 26.0 Å². The number of benzene rings is 1. The molecule has 26 heavy (non-hydrogen) atoms. The molecule has 10 heteroatoms. The van der Waals surface area contributed by atoms with Gasteiger partial charge in [-0.3, -0.25) is 9.52 Å². The fourth-order valence-corrected chi connectivity index (χ4v) is 3.00. The number of carbonyl (C=O) groups excluding carboxylic acids is 1. The topological polar surface area (TPSA) is 85.4 Å². The van der Waals surface area contributed by atoms with E-state index in [1.165, 1.54) is 13.0 Å². The zero-order valence-corrected chi connectivity index (χ0v) is 14.4. The van der Waals surface area contributed by atoms with Crippen LogP contribution in [0.2, 0.25) is 0 Å². The van der Waals surface area contributed by atoms with Crippen molar-refractivity contribution in [2.45, 2.75) is 24.4 Å². The van der Waals surface area contributed by atoms with E-state index in [9.17, 15) is 26.4 Å². The first kappa shape index (κ1) is 19.7. The fraction of sp³-hybridized carbons (Fsp3) is 0.250. The number of hydrogen-bond acceptors (Lipinski definition) is 5. The largest absolute Gasteiger partial charge is 0.465 e. The predicted molar refractivity (Wildman–Crippen MR) is 86.8 cm³/mol. The minimum atomic E-state index is -4.55. The maximum absolute atomic E-state index is 12.6. The van der Waals surface area contributed by atoms with Crippen LogP contribution in [0.15, 0.2) is 47.4 Å². The average Bonchev–Trinajstić information content (AvgIpc) is 2.54. The van der Waals surface area contributed by atoms with Crippen molar-refractivity contribution < 1.29 is 31.1 Å². The Morgan fingerprint density at radius 2 is 1.81 bits per heavy atom. The molecule has 0 aliphatic carbocycles. The van der Waals surface area contributed by atoms with Gasteiger partial charge in [-0.05, 0) is 36.4 Å². The van der Waals surface area contributed by atoms with Crippen LogP contribution in [0.3, 0.4) is 0 Å². The maximum atomic E-state index is 12.6. The highest BCUT2D eigenvalue weighted by Crippen LogP contribution is 2.29. The van der Waals surface area contributed by atoms with E-state index in [0.29, 0.717) is 17.8 Å². The van der Waals surface area contributed by atoms with Crippen molar-refractivity contribution in [3.63, 3.8) is 0 Å². The Morgan fingerprint density at radius 3 is 2.38 bits per heavy atom. The van der Waals surface area contributed by atoms with Gasteiger partial charge in [-0.2, -0.15) is 13.2 Å². The molecule has 1 aromatic heterocycles. The Labute approximate surface area is 148 Å². The molecule has 0 amide bonds. The average molecular weight is 388 g/mol. The molecule has 1 aromatic carbocycles. The van der Waals surface area contributed by atoms with Crippen molar-refractivity contribution in [1.29, 1.82) is 0 Å². The molecule has 0 atom stereocenters. The van der Waals surface area contributed by atoms with E-state index in [0.717, 1.165) is 12.1 Å². The van der Waals surface area contributed by atoms with Gasteiger partial charge in [0.2, 0.25) is 0 Å². The number of ether oxygens (including phenoxy) is 1. The molecule has 140 valence electrons. The number of hydrogen-bond donors (Lipinski definition) is 1. The summed E-state index contributed by atoms with van der Waals surface area (Å²) < 4.78 is 69.2. The highest BCUT2D eigenvalue weighted by molar-refractivity contribution is 7.92. The molecule has 1 heterocycles. The zero-order valence-electron chi connectivity index (χ0n) is 13.6. The summed E-state index contributed by atoms with van der Waals surface area (Å²) in [5.74, 6) is -0.436. The predicted octanol–water partition coefficient (Wildman–Crippen LogP) is 3.01. The van der Waals surface area contributed by atoms with Crippen molar-refractivity contribution in [1.82, 2.24) is 4.98 Å². The first-order chi connectivity index (χ1) is 12.1. The number of nitrogens with zero attached hydrogens (tertiary/aromatic N) is 1. The second kappa shape index (κ2) is 7.73. The van der Waals surface area contributed by atoms with Gasteiger partial charge in [-0.1, -0.05) is 6.07 Å². The van der Waals surface area contributed by atoms with Gasteiger partial charge in [0.1, 0.15) is 5.82 Å². The standard InChI is InChI=1S/C16H15F3N2O4S/c1-11(22)25-10-9-13-3-2-4-15(20-13)21-26(23,24)14-7-5-12(6-8-14)16(17,18)19/h2-8H,9-10H2,1H3,(H,20,21). The first-order valence-corrected chi connectivity index (χ1v) is 8.85. The molecule has 1 N–H and O–H groups in total. The minimum absolute atomic E-state index is 0.00484. The van der Waals surface area contributed by atoms with E-state index in [1.54, 1.807) is 12.1 Å². The third-order valence-electron chi connectivity index (χ3n) is 3.20. The molecule has 6 nitrogen and oxygen atoms in total. The number of pyridine rings is 1. The summed E-state index contributed by atoms with van der Waals surface area (Å²) >= 11 is 0. The van der Waals surface area contributed by atoms with Crippen molar-refractivity contribution >= 4 is 21.8 Å². The lowest BCUT2D eigenvalue weighted by Crippen LogP contribution is -2.15. The van der Waals surface area contributed by atoms with Gasteiger partial charge in [0, 0.05) is 19.0 Å². The lowest BCUT2D eigenvalue weighted by atomic mass is 10.2. The Balaban J connectivity index is 2.12. The molecule has 2 rings (SSSR count). The number of anilines is 1. The van der Waals surface area contributed by atoms with Crippen LogP contribution in [0.5, 0.6) is 0 Å². The highest BCUT2D eigenvalue weighted by atomic mass is 32.2. The summed E-state index contributed by atoms with van der Waals surface area (Å²) in [6.07, 6.45) is -4.26. The summed E-state index contributed by atoms with van der Waals surface area (Å²) in [4.78, 5) is 14.5. The molecular weight excluding hydrogens is 373 g/mol. The van der Waals surface area contributed by atoms with Gasteiger partial charge in [0.25, 0.3) is 10.0 Å². The summed E-state index contributed by atoms with van der Waals surface area (Å²) in [5, 5.41) is 0. The normalized spacial score (nSPS) is 11.8. The van der Waals surface area contributed by atoms with E-state index in [2.05, 4.69) is 9.71 Å². The second-order valence-corrected chi connectivity index (χ2v) is 6.91. The van der Waals surface area contributed by atoms with Crippen molar-refractivity contribution in [3.05, 3.63) is 53.7 Å². The Morgan fingerprint density at radius 1 is 1.15 bits per heavy atom. The highest BCUT2D eigenvalue weighted by Gasteiger charge is 2.30. The number of rotatable bonds is 6. The Bertz CT molecular complexity index is 881. The van der Waals surface area contributed by atoms with E-state index in [4.69, 9.17) is 4.74 Å². The van der Waals surface area contributed by atoms with Crippen LogP contribution in [-0.2, 0) is 32.2 Å². The molecule has 0 radical (unpaired) electrons. The molecule has 0 saturated heterocycles. The molecule has 0 spiro atoms. The molecule has 0 bridgehead atoms. The molecule has 0 aliphatic rings. The molecule has 0 saturated carbocycles. The minimum Gasteiger partial charge on any atom is -0.465 e. The number of halogens is 3. The van der Waals surface area contributed by atoms with Gasteiger partial charge in [-0.25, -0.2) is 13.4 Å². The molecule has 2 aromatic rings. The smallest absolute Gasteiger partial charge is 0.416 e. The summed E-state index contributed by atoms with van der Waals surface area (Å²) in [6.45, 7) is 1.36. The van der Waals surface area contributed by atoms with E-state index in [-0.39, 0.29) is 23.7 Å². The van der Waals surface area contributed by atoms with E-state index < -0.39 is 27.7 Å². The van der Waals surface area contributed by atoms with Crippen LogP contribution in [0, 0.1) is 0 Å². The van der Waals surface area contributed by atoms with Crippen LogP contribution >= 0.6 is 0 Å². The molecule has 0 unspecified atom stereocenters. The third-order valence-corrected chi connectivity index (χ3v) is 4.57. The van der Waals surface area contributed by atoms with Crippen molar-refractivity contribution in [2.24, 2.45) is 0 Å². The summed E-state index contributed by atoms with van der Waals surface area (Å²) in [5.41, 5.74) is -0.457. The lowest BCUT2D eigenvalue weighted by molar-refractivity contribution is -0.141. The van der Waals surface area contributed by atoms with Gasteiger partial charge in [0.15, 0.2) is 0 Å². The molecule has 0 aliphatic heterocycles. The quantitative estimate of drug-likeness (QED) is 0.769. The molecular formula is C16H15F3N2O4S. The number of carbonyl (C=O) groups is 1. The Hall–Kier alpha value is -2.62. The maximum Gasteiger partial charge on any atom is 0.416 e. The van der Waals surface area contributed by atoms with Gasteiger partial charge < -0.3 is 4.74 Å². The number of nitrogens with one attached hydrogen (secondary N) is 1. The lowest BCUT2D eigenvalue weighted by Gasteiger charge is -2.10. The number of aromatic nitrogens is 1. The third kappa shape index (κ3) is 5.45. The van der Waals surface area contributed by atoms with Crippen LogP contribution in [0.25, 0.3) is 0 Å². The number of alkyl halides is 3. The van der Waals surface area contributed by atoms with E-state index >= 15 is 0 Å². The van der Waals surface area contributed by atoms with Gasteiger partial charge in [-0.15, -0.1) is 0 Å². The summed E-state index contributed by atoms with van der Waals surface area (Å²) in [6, 6.07) is 7.71. The number of sulfonamides is 1. The van der Waals surface area contributed by atoms with Crippen molar-refractivity contribution in [2.75, 3.05) is 11.3 Å². The SMILES string of the molecule is CC(=O)OCCc1cccc(NS(=O)(=O)c2ccc(C(F)(F)F)cc2)n1. The number of esters is 1. The van der Waals surface area contributed by atoms with Crippen LogP contribution in [0.1, 0.15) is 18.2 Å². The first-order valence-electron chi connectivity index (χ1n) is 7.37. The van der Waals surface area contributed by atoms with E-state index in [1.807, 2.05) is 0 Å². The van der Waals surface area contributed by atoms with Crippen LogP contribution < -0.4 is 4.72 Å². The fourth-order valence-electron chi connectivity index (χ4n) is 1.99. The Kier molecular flexibility index (Phi) is 5.86. The molecule has 0 fully saturated rings. The van der Waals surface area contributed by atoms with Crippen LogP contribution in [0.4, 0.5) is 19.0 Å². The van der Waals surface area contributed by atoms with Crippen molar-refractivity contribution in [3.8, 4) is 0 Å². The summed E-state index contributed by atoms with van der Waals surface area (Å²) in [7, 11) is -4.09. The van der Waals surface area contributed by atoms with Gasteiger partial charge >= 0.3 is 12.1 Å².